The van der Waals surface area contributed by atoms with Gasteiger partial charge in [-0.25, -0.2) is 13.2 Å². The number of carbonyl (C=O) groups is 1. The van der Waals surface area contributed by atoms with Crippen molar-refractivity contribution < 1.29 is 18.0 Å². The molecule has 116 valence electrons. The van der Waals surface area contributed by atoms with Gasteiger partial charge in [0.25, 0.3) is 6.43 Å². The van der Waals surface area contributed by atoms with Crippen LogP contribution in [0.5, 0.6) is 0 Å². The van der Waals surface area contributed by atoms with Gasteiger partial charge in [0.1, 0.15) is 5.82 Å². The van der Waals surface area contributed by atoms with Crippen molar-refractivity contribution in [1.29, 1.82) is 0 Å². The molecule has 1 aromatic carbocycles. The van der Waals surface area contributed by atoms with Crippen LogP contribution in [-0.2, 0) is 11.2 Å². The zero-order valence-electron chi connectivity index (χ0n) is 12.0. The van der Waals surface area contributed by atoms with Gasteiger partial charge in [0.2, 0.25) is 5.91 Å². The van der Waals surface area contributed by atoms with Crippen molar-refractivity contribution >= 4 is 11.6 Å². The molecule has 0 radical (unpaired) electrons. The molecule has 0 saturated carbocycles. The lowest BCUT2D eigenvalue weighted by Crippen LogP contribution is -2.36. The van der Waals surface area contributed by atoms with E-state index in [9.17, 15) is 18.0 Å². The summed E-state index contributed by atoms with van der Waals surface area (Å²) in [7, 11) is 0. The lowest BCUT2D eigenvalue weighted by molar-refractivity contribution is -0.118. The first-order chi connectivity index (χ1) is 10.5. The van der Waals surface area contributed by atoms with Crippen molar-refractivity contribution in [3.63, 3.8) is 0 Å². The van der Waals surface area contributed by atoms with Gasteiger partial charge in [-0.3, -0.25) is 9.78 Å². The second-order valence-electron chi connectivity index (χ2n) is 4.86. The van der Waals surface area contributed by atoms with Crippen LogP contribution in [0.25, 0.3) is 0 Å². The van der Waals surface area contributed by atoms with Gasteiger partial charge >= 0.3 is 0 Å². The molecule has 0 unspecified atom stereocenters. The average molecular weight is 308 g/mol. The van der Waals surface area contributed by atoms with E-state index in [2.05, 4.69) is 4.98 Å². The van der Waals surface area contributed by atoms with E-state index < -0.39 is 24.7 Å². The topological polar surface area (TPSA) is 33.2 Å². The monoisotopic (exact) mass is 308 g/mol. The van der Waals surface area contributed by atoms with Crippen LogP contribution in [0.2, 0.25) is 0 Å². The van der Waals surface area contributed by atoms with Gasteiger partial charge in [-0.05, 0) is 42.8 Å². The van der Waals surface area contributed by atoms with Crippen molar-refractivity contribution in [3.05, 3.63) is 59.7 Å². The molecule has 1 heterocycles. The maximum absolute atomic E-state index is 12.9. The molecule has 0 saturated heterocycles. The molecule has 6 heteroatoms. The third-order valence-corrected chi connectivity index (χ3v) is 3.09. The predicted molar refractivity (Wildman–Crippen MR) is 77.4 cm³/mol. The number of amides is 1. The Labute approximate surface area is 126 Å². The summed E-state index contributed by atoms with van der Waals surface area (Å²) in [5, 5.41) is 0. The highest BCUT2D eigenvalue weighted by Gasteiger charge is 2.20. The van der Waals surface area contributed by atoms with Crippen LogP contribution >= 0.6 is 0 Å². The summed E-state index contributed by atoms with van der Waals surface area (Å²) in [5.74, 6) is -0.978. The van der Waals surface area contributed by atoms with E-state index in [-0.39, 0.29) is 12.1 Å². The number of anilines is 1. The van der Waals surface area contributed by atoms with Crippen molar-refractivity contribution in [2.24, 2.45) is 0 Å². The van der Waals surface area contributed by atoms with Gasteiger partial charge in [0.05, 0.1) is 13.0 Å². The molecule has 2 aromatic rings. The van der Waals surface area contributed by atoms with Crippen LogP contribution in [0.1, 0.15) is 11.3 Å². The molecular formula is C16H15F3N2O. The minimum Gasteiger partial charge on any atom is -0.306 e. The number of aryl methyl sites for hydroxylation is 1. The largest absolute Gasteiger partial charge is 0.306 e. The van der Waals surface area contributed by atoms with Crippen LogP contribution in [-0.4, -0.2) is 23.9 Å². The lowest BCUT2D eigenvalue weighted by Gasteiger charge is -2.22. The van der Waals surface area contributed by atoms with E-state index in [0.717, 1.165) is 22.7 Å². The summed E-state index contributed by atoms with van der Waals surface area (Å²) >= 11 is 0. The summed E-state index contributed by atoms with van der Waals surface area (Å²) < 4.78 is 38.4. The summed E-state index contributed by atoms with van der Waals surface area (Å²) in [6.07, 6.45) is -1.18. The first-order valence-corrected chi connectivity index (χ1v) is 6.71. The third-order valence-electron chi connectivity index (χ3n) is 3.09. The summed E-state index contributed by atoms with van der Waals surface area (Å²) in [4.78, 5) is 17.3. The molecule has 0 N–H and O–H groups in total. The van der Waals surface area contributed by atoms with Crippen LogP contribution in [0, 0.1) is 12.7 Å². The number of pyridine rings is 1. The molecule has 3 nitrogen and oxygen atoms in total. The van der Waals surface area contributed by atoms with E-state index in [0.29, 0.717) is 5.56 Å². The molecule has 0 aliphatic rings. The smallest absolute Gasteiger partial charge is 0.256 e. The van der Waals surface area contributed by atoms with E-state index >= 15 is 0 Å². The Bertz CT molecular complexity index is 627. The Kier molecular flexibility index (Phi) is 5.14. The highest BCUT2D eigenvalue weighted by Crippen LogP contribution is 2.18. The van der Waals surface area contributed by atoms with Crippen molar-refractivity contribution in [1.82, 2.24) is 4.98 Å². The number of nitrogens with zero attached hydrogens (tertiary/aromatic N) is 2. The summed E-state index contributed by atoms with van der Waals surface area (Å²) in [6.45, 7) is 1.08. The molecular weight excluding hydrogens is 293 g/mol. The zero-order valence-corrected chi connectivity index (χ0v) is 12.0. The number of alkyl halides is 2. The molecule has 0 spiro atoms. The van der Waals surface area contributed by atoms with Crippen molar-refractivity contribution in [2.75, 3.05) is 11.4 Å². The molecule has 1 amide bonds. The molecule has 2 rings (SSSR count). The molecule has 0 atom stereocenters. The second kappa shape index (κ2) is 7.06. The van der Waals surface area contributed by atoms with Gasteiger partial charge in [0, 0.05) is 17.6 Å². The molecule has 22 heavy (non-hydrogen) atoms. The van der Waals surface area contributed by atoms with E-state index in [1.165, 1.54) is 12.1 Å². The Balaban J connectivity index is 2.18. The summed E-state index contributed by atoms with van der Waals surface area (Å²) in [5.41, 5.74) is 1.68. The fourth-order valence-corrected chi connectivity index (χ4v) is 1.98. The molecule has 0 bridgehead atoms. The SMILES string of the molecule is Cc1ccc(CC(=O)N(CC(F)F)c2ccc(F)cc2)cn1. The van der Waals surface area contributed by atoms with E-state index in [1.54, 1.807) is 18.3 Å². The number of rotatable bonds is 5. The average Bonchev–Trinajstić information content (AvgIpc) is 2.48. The van der Waals surface area contributed by atoms with Crippen LogP contribution in [0.3, 0.4) is 0 Å². The lowest BCUT2D eigenvalue weighted by atomic mass is 10.1. The predicted octanol–water partition coefficient (Wildman–Crippen LogP) is 3.37. The molecule has 0 fully saturated rings. The molecule has 1 aromatic heterocycles. The van der Waals surface area contributed by atoms with Crippen LogP contribution in [0.4, 0.5) is 18.9 Å². The number of hydrogen-bond acceptors (Lipinski definition) is 2. The Morgan fingerprint density at radius 1 is 1.18 bits per heavy atom. The van der Waals surface area contributed by atoms with Gasteiger partial charge in [-0.2, -0.15) is 0 Å². The quantitative estimate of drug-likeness (QED) is 0.848. The Morgan fingerprint density at radius 3 is 2.41 bits per heavy atom. The fourth-order valence-electron chi connectivity index (χ4n) is 1.98. The van der Waals surface area contributed by atoms with Gasteiger partial charge in [-0.1, -0.05) is 6.07 Å². The van der Waals surface area contributed by atoms with Crippen molar-refractivity contribution in [2.45, 2.75) is 19.8 Å². The highest BCUT2D eigenvalue weighted by atomic mass is 19.3. The fraction of sp³-hybridized carbons (Fsp3) is 0.250. The normalized spacial score (nSPS) is 10.8. The van der Waals surface area contributed by atoms with Crippen LogP contribution in [0.15, 0.2) is 42.6 Å². The Morgan fingerprint density at radius 2 is 1.86 bits per heavy atom. The standard InChI is InChI=1S/C16H15F3N2O/c1-11-2-3-12(9-20-11)8-16(22)21(10-15(18)19)14-6-4-13(17)5-7-14/h2-7,9,15H,8,10H2,1H3. The van der Waals surface area contributed by atoms with Crippen molar-refractivity contribution in [3.8, 4) is 0 Å². The first-order valence-electron chi connectivity index (χ1n) is 6.71. The van der Waals surface area contributed by atoms with Crippen LogP contribution < -0.4 is 4.90 Å². The van der Waals surface area contributed by atoms with Gasteiger partial charge in [0.15, 0.2) is 0 Å². The number of carbonyl (C=O) groups excluding carboxylic acids is 1. The molecule has 0 aliphatic carbocycles. The molecule has 0 aliphatic heterocycles. The summed E-state index contributed by atoms with van der Waals surface area (Å²) in [6, 6.07) is 8.36. The highest BCUT2D eigenvalue weighted by molar-refractivity contribution is 5.94. The van der Waals surface area contributed by atoms with E-state index in [4.69, 9.17) is 0 Å². The number of halogens is 3. The van der Waals surface area contributed by atoms with Gasteiger partial charge < -0.3 is 4.90 Å². The maximum Gasteiger partial charge on any atom is 0.256 e. The third kappa shape index (κ3) is 4.31. The number of hydrogen-bond donors (Lipinski definition) is 0. The maximum atomic E-state index is 12.9. The van der Waals surface area contributed by atoms with Gasteiger partial charge in [-0.15, -0.1) is 0 Å². The second-order valence-corrected chi connectivity index (χ2v) is 4.86. The van der Waals surface area contributed by atoms with E-state index in [1.807, 2.05) is 6.92 Å². The minimum absolute atomic E-state index is 0.0443. The zero-order chi connectivity index (χ0) is 16.1. The first kappa shape index (κ1) is 16.0. The Hall–Kier alpha value is -2.37. The number of benzene rings is 1. The number of aromatic nitrogens is 1. The minimum atomic E-state index is -2.68.